The van der Waals surface area contributed by atoms with Crippen LogP contribution in [0.25, 0.3) is 5.57 Å². The minimum absolute atomic E-state index is 0.0236. The van der Waals surface area contributed by atoms with Crippen molar-refractivity contribution in [2.24, 2.45) is 0 Å². The number of benzene rings is 2. The fraction of sp³-hybridized carbons (Fsp3) is 0.318. The van der Waals surface area contributed by atoms with E-state index >= 15 is 0 Å². The molecule has 1 amide bonds. The first-order chi connectivity index (χ1) is 13.2. The van der Waals surface area contributed by atoms with Gasteiger partial charge in [-0.15, -0.1) is 0 Å². The van der Waals surface area contributed by atoms with Crippen molar-refractivity contribution in [1.29, 1.82) is 0 Å². The zero-order valence-electron chi connectivity index (χ0n) is 15.0. The standard InChI is InChI=1S/C22H22FNO3/c23-21-9-6-16(13-25)10-20(21)17-11-18-7-8-19(12-17)24(18)22(26)27-14-15-4-2-1-3-5-15/h1-6,9-11,18-19,25H,7-8,12-14H2. The minimum atomic E-state index is -0.314. The second-order valence-corrected chi connectivity index (χ2v) is 7.11. The maximum absolute atomic E-state index is 14.3. The summed E-state index contributed by atoms with van der Waals surface area (Å²) >= 11 is 0. The molecular weight excluding hydrogens is 345 g/mol. The van der Waals surface area contributed by atoms with Gasteiger partial charge in [0.1, 0.15) is 12.4 Å². The zero-order valence-corrected chi connectivity index (χ0v) is 15.0. The molecule has 0 aromatic heterocycles. The van der Waals surface area contributed by atoms with Crippen molar-refractivity contribution < 1.29 is 19.0 Å². The van der Waals surface area contributed by atoms with E-state index in [0.29, 0.717) is 17.5 Å². The monoisotopic (exact) mass is 367 g/mol. The number of carbonyl (C=O) groups is 1. The molecule has 4 rings (SSSR count). The Bertz CT molecular complexity index is 865. The smallest absolute Gasteiger partial charge is 0.410 e. The minimum Gasteiger partial charge on any atom is -0.445 e. The number of aliphatic hydroxyl groups excluding tert-OH is 1. The first kappa shape index (κ1) is 17.7. The molecule has 2 aromatic carbocycles. The van der Waals surface area contributed by atoms with Gasteiger partial charge in [-0.2, -0.15) is 0 Å². The maximum atomic E-state index is 14.3. The van der Waals surface area contributed by atoms with Crippen molar-refractivity contribution in [3.8, 4) is 0 Å². The number of amides is 1. The van der Waals surface area contributed by atoms with Gasteiger partial charge >= 0.3 is 6.09 Å². The number of hydrogen-bond acceptors (Lipinski definition) is 3. The average Bonchev–Trinajstić information content (AvgIpc) is 2.97. The summed E-state index contributed by atoms with van der Waals surface area (Å²) in [6, 6.07) is 14.2. The highest BCUT2D eigenvalue weighted by molar-refractivity contribution is 5.75. The molecule has 0 radical (unpaired) electrons. The number of aliphatic hydroxyl groups is 1. The normalized spacial score (nSPS) is 21.1. The third-order valence-corrected chi connectivity index (χ3v) is 5.37. The molecule has 2 aliphatic rings. The highest BCUT2D eigenvalue weighted by atomic mass is 19.1. The zero-order chi connectivity index (χ0) is 18.8. The lowest BCUT2D eigenvalue weighted by molar-refractivity contribution is 0.0832. The van der Waals surface area contributed by atoms with Crippen molar-refractivity contribution in [3.05, 3.63) is 77.1 Å². The summed E-state index contributed by atoms with van der Waals surface area (Å²) in [5, 5.41) is 9.32. The van der Waals surface area contributed by atoms with Crippen molar-refractivity contribution >= 4 is 11.7 Å². The van der Waals surface area contributed by atoms with Crippen LogP contribution < -0.4 is 0 Å². The molecule has 27 heavy (non-hydrogen) atoms. The molecule has 2 atom stereocenters. The number of hydrogen-bond donors (Lipinski definition) is 1. The van der Waals surface area contributed by atoms with E-state index in [0.717, 1.165) is 24.0 Å². The van der Waals surface area contributed by atoms with E-state index < -0.39 is 0 Å². The van der Waals surface area contributed by atoms with E-state index in [1.807, 2.05) is 36.4 Å². The average molecular weight is 367 g/mol. The summed E-state index contributed by atoms with van der Waals surface area (Å²) in [7, 11) is 0. The van der Waals surface area contributed by atoms with Gasteiger partial charge in [0.15, 0.2) is 0 Å². The van der Waals surface area contributed by atoms with E-state index in [1.54, 1.807) is 17.0 Å². The predicted octanol–water partition coefficient (Wildman–Crippen LogP) is 4.27. The number of fused-ring (bicyclic) bond motifs is 2. The van der Waals surface area contributed by atoms with Crippen LogP contribution >= 0.6 is 0 Å². The molecule has 2 unspecified atom stereocenters. The molecular formula is C22H22FNO3. The van der Waals surface area contributed by atoms with Gasteiger partial charge in [-0.05, 0) is 48.1 Å². The van der Waals surface area contributed by atoms with Crippen LogP contribution in [0.5, 0.6) is 0 Å². The Balaban J connectivity index is 1.50. The molecule has 0 spiro atoms. The van der Waals surface area contributed by atoms with Gasteiger partial charge < -0.3 is 9.84 Å². The highest BCUT2D eigenvalue weighted by Gasteiger charge is 2.41. The predicted molar refractivity (Wildman–Crippen MR) is 100 cm³/mol. The maximum Gasteiger partial charge on any atom is 0.410 e. The van der Waals surface area contributed by atoms with E-state index in [-0.39, 0.29) is 37.2 Å². The van der Waals surface area contributed by atoms with E-state index in [4.69, 9.17) is 4.74 Å². The van der Waals surface area contributed by atoms with Crippen LogP contribution in [0.1, 0.15) is 36.0 Å². The van der Waals surface area contributed by atoms with Gasteiger partial charge in [-0.25, -0.2) is 9.18 Å². The Hall–Kier alpha value is -2.66. The Labute approximate surface area is 157 Å². The molecule has 140 valence electrons. The first-order valence-electron chi connectivity index (χ1n) is 9.25. The molecule has 0 aliphatic carbocycles. The van der Waals surface area contributed by atoms with Crippen molar-refractivity contribution in [2.75, 3.05) is 0 Å². The van der Waals surface area contributed by atoms with Crippen LogP contribution in [0.15, 0.2) is 54.6 Å². The Morgan fingerprint density at radius 1 is 1.15 bits per heavy atom. The number of rotatable bonds is 4. The number of halogens is 1. The van der Waals surface area contributed by atoms with Crippen LogP contribution in [0.2, 0.25) is 0 Å². The Morgan fingerprint density at radius 2 is 1.96 bits per heavy atom. The summed E-state index contributed by atoms with van der Waals surface area (Å²) in [5.41, 5.74) is 3.07. The van der Waals surface area contributed by atoms with Crippen molar-refractivity contribution in [1.82, 2.24) is 4.90 Å². The molecule has 2 heterocycles. The van der Waals surface area contributed by atoms with Crippen LogP contribution in [0.3, 0.4) is 0 Å². The molecule has 1 N–H and O–H groups in total. The molecule has 1 saturated heterocycles. The number of ether oxygens (including phenoxy) is 1. The molecule has 0 saturated carbocycles. The molecule has 5 heteroatoms. The SMILES string of the molecule is O=C(OCc1ccccc1)N1C2C=C(c3cc(CO)ccc3F)CC1CC2. The number of carbonyl (C=O) groups excluding carboxylic acids is 1. The van der Waals surface area contributed by atoms with E-state index in [2.05, 4.69) is 0 Å². The quantitative estimate of drug-likeness (QED) is 0.878. The molecule has 2 bridgehead atoms. The molecule has 4 nitrogen and oxygen atoms in total. The van der Waals surface area contributed by atoms with Crippen molar-refractivity contribution in [3.63, 3.8) is 0 Å². The summed E-state index contributed by atoms with van der Waals surface area (Å²) in [5.74, 6) is -0.294. The van der Waals surface area contributed by atoms with Gasteiger partial charge in [0.05, 0.1) is 12.6 Å². The summed E-state index contributed by atoms with van der Waals surface area (Å²) in [4.78, 5) is 14.4. The van der Waals surface area contributed by atoms with Gasteiger partial charge in [-0.3, -0.25) is 4.90 Å². The summed E-state index contributed by atoms with van der Waals surface area (Å²) < 4.78 is 19.8. The lowest BCUT2D eigenvalue weighted by Crippen LogP contribution is -2.43. The summed E-state index contributed by atoms with van der Waals surface area (Å²) in [6.45, 7) is 0.130. The van der Waals surface area contributed by atoms with Crippen LogP contribution in [0.4, 0.5) is 9.18 Å². The first-order valence-corrected chi connectivity index (χ1v) is 9.25. The second kappa shape index (κ2) is 7.53. The largest absolute Gasteiger partial charge is 0.445 e. The summed E-state index contributed by atoms with van der Waals surface area (Å²) in [6.07, 6.45) is 4.00. The molecule has 2 aliphatic heterocycles. The van der Waals surface area contributed by atoms with Crippen LogP contribution in [0, 0.1) is 5.82 Å². The number of nitrogens with zero attached hydrogens (tertiary/aromatic N) is 1. The van der Waals surface area contributed by atoms with Crippen molar-refractivity contribution in [2.45, 2.75) is 44.6 Å². The second-order valence-electron chi connectivity index (χ2n) is 7.11. The fourth-order valence-corrected chi connectivity index (χ4v) is 4.03. The highest BCUT2D eigenvalue weighted by Crippen LogP contribution is 2.39. The van der Waals surface area contributed by atoms with E-state index in [9.17, 15) is 14.3 Å². The molecule has 2 aromatic rings. The van der Waals surface area contributed by atoms with Gasteiger partial charge in [0.25, 0.3) is 0 Å². The lowest BCUT2D eigenvalue weighted by Gasteiger charge is -2.33. The lowest BCUT2D eigenvalue weighted by atomic mass is 9.93. The fourth-order valence-electron chi connectivity index (χ4n) is 4.03. The Kier molecular flexibility index (Phi) is 4.94. The van der Waals surface area contributed by atoms with Crippen LogP contribution in [-0.4, -0.2) is 28.2 Å². The topological polar surface area (TPSA) is 49.8 Å². The van der Waals surface area contributed by atoms with Crippen LogP contribution in [-0.2, 0) is 18.0 Å². The van der Waals surface area contributed by atoms with Gasteiger partial charge in [0.2, 0.25) is 0 Å². The molecule has 1 fully saturated rings. The Morgan fingerprint density at radius 3 is 2.70 bits per heavy atom. The third kappa shape index (κ3) is 3.60. The van der Waals surface area contributed by atoms with E-state index in [1.165, 1.54) is 6.07 Å². The third-order valence-electron chi connectivity index (χ3n) is 5.37. The van der Waals surface area contributed by atoms with Gasteiger partial charge in [0, 0.05) is 11.6 Å². The van der Waals surface area contributed by atoms with Gasteiger partial charge in [-0.1, -0.05) is 42.5 Å².